The van der Waals surface area contributed by atoms with Gasteiger partial charge >= 0.3 is 0 Å². The largest absolute Gasteiger partial charge is 0.482 e. The first-order chi connectivity index (χ1) is 3.63. The molecule has 8 heavy (non-hydrogen) atoms. The number of ether oxygens (including phenoxy) is 1. The molecule has 46 valence electrons. The molecule has 0 N–H and O–H groups in total. The molecule has 1 fully saturated rings. The molecule has 0 unspecified atom stereocenters. The van der Waals surface area contributed by atoms with Crippen molar-refractivity contribution in [1.82, 2.24) is 0 Å². The molecular formula is C4H6O3S. The summed E-state index contributed by atoms with van der Waals surface area (Å²) in [6, 6.07) is 0. The predicted octanol–water partition coefficient (Wildman–Crippen LogP) is -0.0974. The summed E-state index contributed by atoms with van der Waals surface area (Å²) in [5, 5.41) is -0.0856. The molecule has 0 aromatic heterocycles. The summed E-state index contributed by atoms with van der Waals surface area (Å²) in [7, 11) is -3.04. The highest BCUT2D eigenvalue weighted by molar-refractivity contribution is 7.95. The van der Waals surface area contributed by atoms with Crippen LogP contribution in [0.4, 0.5) is 0 Å². The minimum absolute atomic E-state index is 0.0856. The first-order valence-electron chi connectivity index (χ1n) is 2.17. The molecule has 0 atom stereocenters. The van der Waals surface area contributed by atoms with Gasteiger partial charge in [0.15, 0.2) is 0 Å². The van der Waals surface area contributed by atoms with Crippen LogP contribution in [-0.2, 0) is 14.6 Å². The van der Waals surface area contributed by atoms with Crippen LogP contribution in [-0.4, -0.2) is 20.8 Å². The average molecular weight is 134 g/mol. The summed E-state index contributed by atoms with van der Waals surface area (Å²) >= 11 is 0. The van der Waals surface area contributed by atoms with E-state index < -0.39 is 9.84 Å². The van der Waals surface area contributed by atoms with Gasteiger partial charge in [0.25, 0.3) is 0 Å². The Balaban J connectivity index is 3.02. The zero-order valence-corrected chi connectivity index (χ0v) is 5.07. The fourth-order valence-corrected chi connectivity index (χ4v) is 1.26. The maximum Gasteiger partial charge on any atom is 0.213 e. The summed E-state index contributed by atoms with van der Waals surface area (Å²) in [5.41, 5.74) is 0. The van der Waals surface area contributed by atoms with Crippen molar-refractivity contribution in [1.29, 1.82) is 0 Å². The van der Waals surface area contributed by atoms with E-state index in [1.807, 2.05) is 0 Å². The van der Waals surface area contributed by atoms with Crippen molar-refractivity contribution in [2.24, 2.45) is 0 Å². The lowest BCUT2D eigenvalue weighted by molar-refractivity contribution is 0.275. The molecule has 4 heteroatoms. The number of rotatable bonds is 0. The van der Waals surface area contributed by atoms with Gasteiger partial charge in [-0.15, -0.1) is 0 Å². The van der Waals surface area contributed by atoms with Crippen molar-refractivity contribution in [2.45, 2.75) is 0 Å². The molecule has 0 aliphatic carbocycles. The smallest absolute Gasteiger partial charge is 0.213 e. The second kappa shape index (κ2) is 1.48. The molecule has 0 amide bonds. The monoisotopic (exact) mass is 134 g/mol. The Bertz CT molecular complexity index is 201. The molecule has 0 radical (unpaired) electrons. The molecule has 0 spiro atoms. The molecule has 3 nitrogen and oxygen atoms in total. The van der Waals surface area contributed by atoms with E-state index in [0.29, 0.717) is 0 Å². The SMILES string of the molecule is C=C1OCCS1(=O)=O. The van der Waals surface area contributed by atoms with Crippen LogP contribution in [0.5, 0.6) is 0 Å². The lowest BCUT2D eigenvalue weighted by atomic mass is 10.9. The van der Waals surface area contributed by atoms with Crippen LogP contribution in [0.3, 0.4) is 0 Å². The van der Waals surface area contributed by atoms with Gasteiger partial charge in [-0.2, -0.15) is 0 Å². The second-order valence-corrected chi connectivity index (χ2v) is 3.63. The summed E-state index contributed by atoms with van der Waals surface area (Å²) in [5.74, 6) is 0.0891. The average Bonchev–Trinajstić information content (AvgIpc) is 1.86. The molecule has 1 rings (SSSR count). The molecule has 1 heterocycles. The highest BCUT2D eigenvalue weighted by Crippen LogP contribution is 2.13. The summed E-state index contributed by atoms with van der Waals surface area (Å²) in [6.07, 6.45) is 0. The normalized spacial score (nSPS) is 25.2. The lowest BCUT2D eigenvalue weighted by Gasteiger charge is -1.88. The zero-order chi connectivity index (χ0) is 6.20. The van der Waals surface area contributed by atoms with Crippen LogP contribution in [0, 0.1) is 0 Å². The van der Waals surface area contributed by atoms with Gasteiger partial charge in [-0.05, 0) is 6.58 Å². The topological polar surface area (TPSA) is 43.4 Å². The van der Waals surface area contributed by atoms with Crippen LogP contribution in [0.2, 0.25) is 0 Å². The summed E-state index contributed by atoms with van der Waals surface area (Å²) < 4.78 is 25.7. The van der Waals surface area contributed by atoms with Crippen molar-refractivity contribution in [3.63, 3.8) is 0 Å². The Morgan fingerprint density at radius 1 is 1.62 bits per heavy atom. The summed E-state index contributed by atoms with van der Waals surface area (Å²) in [6.45, 7) is 3.46. The highest BCUT2D eigenvalue weighted by Gasteiger charge is 2.23. The maximum absolute atomic E-state index is 10.5. The fourth-order valence-electron chi connectivity index (χ4n) is 0.469. The van der Waals surface area contributed by atoms with Crippen LogP contribution in [0.25, 0.3) is 0 Å². The first-order valence-corrected chi connectivity index (χ1v) is 3.82. The Hall–Kier alpha value is -0.510. The van der Waals surface area contributed by atoms with E-state index in [1.165, 1.54) is 0 Å². The van der Waals surface area contributed by atoms with E-state index >= 15 is 0 Å². The number of sulfone groups is 1. The third kappa shape index (κ3) is 0.709. The third-order valence-electron chi connectivity index (χ3n) is 0.962. The molecule has 1 aliphatic rings. The molecule has 1 aliphatic heterocycles. The molecule has 0 bridgehead atoms. The van der Waals surface area contributed by atoms with E-state index in [4.69, 9.17) is 0 Å². The second-order valence-electron chi connectivity index (χ2n) is 1.54. The predicted molar refractivity (Wildman–Crippen MR) is 28.9 cm³/mol. The van der Waals surface area contributed by atoms with E-state index in [-0.39, 0.29) is 17.5 Å². The van der Waals surface area contributed by atoms with Gasteiger partial charge in [0.1, 0.15) is 6.61 Å². The van der Waals surface area contributed by atoms with E-state index in [0.717, 1.165) is 0 Å². The Kier molecular flexibility index (Phi) is 1.04. The standard InChI is InChI=1S/C4H6O3S/c1-4-7-2-3-8(4,5)6/h1-3H2. The van der Waals surface area contributed by atoms with Crippen LogP contribution in [0.15, 0.2) is 11.7 Å². The van der Waals surface area contributed by atoms with Gasteiger partial charge in [0.05, 0.1) is 5.75 Å². The van der Waals surface area contributed by atoms with E-state index in [2.05, 4.69) is 11.3 Å². The van der Waals surface area contributed by atoms with Crippen LogP contribution in [0.1, 0.15) is 0 Å². The molecule has 0 aromatic carbocycles. The Morgan fingerprint density at radius 2 is 2.25 bits per heavy atom. The lowest BCUT2D eigenvalue weighted by Crippen LogP contribution is -1.97. The van der Waals surface area contributed by atoms with Crippen molar-refractivity contribution >= 4 is 9.84 Å². The summed E-state index contributed by atoms with van der Waals surface area (Å²) in [4.78, 5) is 0. The van der Waals surface area contributed by atoms with Crippen molar-refractivity contribution in [3.8, 4) is 0 Å². The number of hydrogen-bond donors (Lipinski definition) is 0. The quantitative estimate of drug-likeness (QED) is 0.464. The third-order valence-corrected chi connectivity index (χ3v) is 2.48. The van der Waals surface area contributed by atoms with Gasteiger partial charge in [0.2, 0.25) is 14.9 Å². The van der Waals surface area contributed by atoms with Gasteiger partial charge in [-0.25, -0.2) is 8.42 Å². The van der Waals surface area contributed by atoms with Gasteiger partial charge < -0.3 is 4.74 Å². The Morgan fingerprint density at radius 3 is 2.38 bits per heavy atom. The van der Waals surface area contributed by atoms with Gasteiger partial charge in [-0.3, -0.25) is 0 Å². The fraction of sp³-hybridized carbons (Fsp3) is 0.500. The van der Waals surface area contributed by atoms with E-state index in [1.54, 1.807) is 0 Å². The molecule has 1 saturated heterocycles. The van der Waals surface area contributed by atoms with E-state index in [9.17, 15) is 8.42 Å². The molecular weight excluding hydrogens is 128 g/mol. The highest BCUT2D eigenvalue weighted by atomic mass is 32.2. The maximum atomic E-state index is 10.5. The molecule has 0 aromatic rings. The minimum atomic E-state index is -3.04. The van der Waals surface area contributed by atoms with Crippen molar-refractivity contribution < 1.29 is 13.2 Å². The molecule has 0 saturated carbocycles. The van der Waals surface area contributed by atoms with Crippen molar-refractivity contribution in [3.05, 3.63) is 11.7 Å². The van der Waals surface area contributed by atoms with Crippen LogP contribution < -0.4 is 0 Å². The number of hydrogen-bond acceptors (Lipinski definition) is 3. The van der Waals surface area contributed by atoms with Gasteiger partial charge in [0, 0.05) is 0 Å². The first kappa shape index (κ1) is 5.62. The minimum Gasteiger partial charge on any atom is -0.482 e. The zero-order valence-electron chi connectivity index (χ0n) is 4.25. The van der Waals surface area contributed by atoms with Crippen LogP contribution >= 0.6 is 0 Å². The van der Waals surface area contributed by atoms with Gasteiger partial charge in [-0.1, -0.05) is 0 Å². The van der Waals surface area contributed by atoms with Crippen molar-refractivity contribution in [2.75, 3.05) is 12.4 Å². The Labute approximate surface area is 47.9 Å².